The van der Waals surface area contributed by atoms with Crippen LogP contribution in [0.5, 0.6) is 0 Å². The van der Waals surface area contributed by atoms with Crippen LogP contribution in [0.3, 0.4) is 0 Å². The Morgan fingerprint density at radius 1 is 0.273 bits per heavy atom. The van der Waals surface area contributed by atoms with Gasteiger partial charge in [-0.15, -0.1) is 0 Å². The number of rotatable bonds is 12. The van der Waals surface area contributed by atoms with Crippen molar-refractivity contribution in [2.45, 2.75) is 37.1 Å². The Bertz CT molecular complexity index is 4730. The molecule has 2 heteroatoms. The summed E-state index contributed by atoms with van der Waals surface area (Å²) in [6.45, 7) is 0. The number of hydrogen-bond acceptors (Lipinski definition) is 2. The molecule has 0 bridgehead atoms. The van der Waals surface area contributed by atoms with Gasteiger partial charge in [-0.25, -0.2) is 0 Å². The van der Waals surface area contributed by atoms with Crippen molar-refractivity contribution in [3.05, 3.63) is 345 Å². The summed E-state index contributed by atoms with van der Waals surface area (Å²) in [5, 5.41) is 5.02. The van der Waals surface area contributed by atoms with Crippen LogP contribution in [0.25, 0.3) is 99.4 Å². The third-order valence-electron chi connectivity index (χ3n) is 18.9. The molecule has 1 aliphatic carbocycles. The third kappa shape index (κ3) is 9.64. The zero-order chi connectivity index (χ0) is 58.3. The van der Waals surface area contributed by atoms with E-state index in [2.05, 4.69) is 343 Å². The van der Waals surface area contributed by atoms with Crippen molar-refractivity contribution in [1.82, 2.24) is 0 Å². The Morgan fingerprint density at radius 2 is 0.648 bits per heavy atom. The van der Waals surface area contributed by atoms with E-state index in [1.54, 1.807) is 0 Å². The molecule has 1 heterocycles. The average molecular weight is 1130 g/mol. The Labute approximate surface area is 516 Å². The molecule has 3 unspecified atom stereocenters. The average Bonchev–Trinajstić information content (AvgIpc) is 2.16. The molecule has 0 amide bonds. The summed E-state index contributed by atoms with van der Waals surface area (Å²) in [5.74, 6) is 0.803. The number of fused-ring (bicyclic) bond motifs is 5. The first kappa shape index (κ1) is 52.7. The molecule has 14 aromatic rings. The van der Waals surface area contributed by atoms with Crippen LogP contribution in [0.4, 0.5) is 28.4 Å². The van der Waals surface area contributed by atoms with E-state index in [9.17, 15) is 0 Å². The molecule has 0 saturated heterocycles. The summed E-state index contributed by atoms with van der Waals surface area (Å²) < 4.78 is 0. The van der Waals surface area contributed by atoms with Gasteiger partial charge in [0, 0.05) is 40.4 Å². The normalized spacial score (nSPS) is 15.2. The number of nitrogens with zero attached hydrogens (tertiary/aromatic N) is 2. The largest absolute Gasteiger partial charge is 0.338 e. The van der Waals surface area contributed by atoms with E-state index in [0.717, 1.165) is 36.3 Å². The standard InChI is InChI=1S/C86H64N2/c1-5-21-59(22-6-1)60-37-41-65(42-38-60)85-77-33-17-19-35-79(77)86(80-36-20-18-34-78(80)85)66-43-39-61(40-44-66)62-45-49-70(50-46-62)87(69-27-11-4-12-28-69)71-51-53-72(54-52-71)88-83-55-47-67(75-31-15-13-29-73(75)63-23-7-2-8-24-63)57-81(83)82-58-68(48-56-84(82)88)76-32-16-14-30-74(76)64-25-9-3-10-26-64/h1-47,49-55,57,68,82,84H,48,56,58H2. The van der Waals surface area contributed by atoms with Gasteiger partial charge in [0.15, 0.2) is 0 Å². The summed E-state index contributed by atoms with van der Waals surface area (Å²) in [5.41, 5.74) is 26.3. The lowest BCUT2D eigenvalue weighted by atomic mass is 9.72. The topological polar surface area (TPSA) is 6.48 Å². The van der Waals surface area contributed by atoms with Crippen LogP contribution in [-0.4, -0.2) is 6.04 Å². The number of hydrogen-bond donors (Lipinski definition) is 0. The minimum absolute atomic E-state index is 0.334. The maximum atomic E-state index is 2.69. The molecule has 14 aromatic carbocycles. The zero-order valence-electron chi connectivity index (χ0n) is 49.0. The zero-order valence-corrected chi connectivity index (χ0v) is 49.0. The van der Waals surface area contributed by atoms with Crippen molar-refractivity contribution in [3.63, 3.8) is 0 Å². The fourth-order valence-corrected chi connectivity index (χ4v) is 14.8. The van der Waals surface area contributed by atoms with E-state index in [1.165, 1.54) is 122 Å². The number of benzene rings is 14. The van der Waals surface area contributed by atoms with Crippen LogP contribution in [0.15, 0.2) is 334 Å². The maximum Gasteiger partial charge on any atom is 0.0463 e. The van der Waals surface area contributed by atoms with Crippen LogP contribution in [0, 0.1) is 0 Å². The second-order valence-electron chi connectivity index (χ2n) is 23.8. The highest BCUT2D eigenvalue weighted by atomic mass is 15.2. The summed E-state index contributed by atoms with van der Waals surface area (Å²) in [7, 11) is 0. The molecule has 0 N–H and O–H groups in total. The van der Waals surface area contributed by atoms with Gasteiger partial charge in [-0.05, 0) is 196 Å². The quantitative estimate of drug-likeness (QED) is 0.113. The van der Waals surface area contributed by atoms with Crippen molar-refractivity contribution >= 4 is 50.0 Å². The monoisotopic (exact) mass is 1120 g/mol. The summed E-state index contributed by atoms with van der Waals surface area (Å²) in [6, 6.07) is 124. The van der Waals surface area contributed by atoms with E-state index >= 15 is 0 Å². The molecule has 88 heavy (non-hydrogen) atoms. The molecule has 418 valence electrons. The highest BCUT2D eigenvalue weighted by Crippen LogP contribution is 2.56. The smallest absolute Gasteiger partial charge is 0.0463 e. The van der Waals surface area contributed by atoms with Crippen LogP contribution in [0.1, 0.15) is 42.2 Å². The first-order chi connectivity index (χ1) is 43.7. The molecule has 0 radical (unpaired) electrons. The molecule has 0 aromatic heterocycles. The SMILES string of the molecule is c1ccc(-c2ccc(-c3c4ccccc4c(-c4ccc(-c5ccc(N(c6ccccc6)c6ccc(N7c8ccc(-c9ccccc9-c9ccccc9)cc8C8CC(c9ccccc9-c9ccccc9)CCC87)cc6)cc5)cc4)c4ccccc34)cc2)cc1. The molecule has 1 fully saturated rings. The van der Waals surface area contributed by atoms with Gasteiger partial charge in [-0.3, -0.25) is 0 Å². The first-order valence-corrected chi connectivity index (χ1v) is 31.1. The molecular formula is C86H64N2. The van der Waals surface area contributed by atoms with Gasteiger partial charge in [0.25, 0.3) is 0 Å². The van der Waals surface area contributed by atoms with Crippen LogP contribution in [-0.2, 0) is 0 Å². The third-order valence-corrected chi connectivity index (χ3v) is 18.9. The van der Waals surface area contributed by atoms with Crippen molar-refractivity contribution in [2.75, 3.05) is 9.80 Å². The van der Waals surface area contributed by atoms with E-state index < -0.39 is 0 Å². The van der Waals surface area contributed by atoms with Crippen LogP contribution < -0.4 is 9.80 Å². The van der Waals surface area contributed by atoms with Crippen molar-refractivity contribution in [2.24, 2.45) is 0 Å². The van der Waals surface area contributed by atoms with Crippen LogP contribution in [0.2, 0.25) is 0 Å². The fourth-order valence-electron chi connectivity index (χ4n) is 14.8. The highest BCUT2D eigenvalue weighted by Gasteiger charge is 2.44. The van der Waals surface area contributed by atoms with Crippen molar-refractivity contribution in [3.8, 4) is 77.9 Å². The summed E-state index contributed by atoms with van der Waals surface area (Å²) in [6.07, 6.45) is 3.33. The van der Waals surface area contributed by atoms with Gasteiger partial charge in [0.1, 0.15) is 0 Å². The van der Waals surface area contributed by atoms with Crippen LogP contribution >= 0.6 is 0 Å². The Hall–Kier alpha value is -10.8. The van der Waals surface area contributed by atoms with Crippen molar-refractivity contribution < 1.29 is 0 Å². The van der Waals surface area contributed by atoms with E-state index in [1.807, 2.05) is 0 Å². The summed E-state index contributed by atoms with van der Waals surface area (Å²) >= 11 is 0. The molecule has 0 spiro atoms. The van der Waals surface area contributed by atoms with E-state index in [0.29, 0.717) is 17.9 Å². The predicted octanol–water partition coefficient (Wildman–Crippen LogP) is 23.7. The fraction of sp³-hybridized carbons (Fsp3) is 0.0698. The predicted molar refractivity (Wildman–Crippen MR) is 372 cm³/mol. The van der Waals surface area contributed by atoms with Gasteiger partial charge < -0.3 is 9.80 Å². The van der Waals surface area contributed by atoms with E-state index in [-0.39, 0.29) is 0 Å². The highest BCUT2D eigenvalue weighted by molar-refractivity contribution is 6.21. The van der Waals surface area contributed by atoms with Gasteiger partial charge in [0.2, 0.25) is 0 Å². The summed E-state index contributed by atoms with van der Waals surface area (Å²) in [4.78, 5) is 5.08. The van der Waals surface area contributed by atoms with Gasteiger partial charge in [-0.2, -0.15) is 0 Å². The second kappa shape index (κ2) is 22.9. The van der Waals surface area contributed by atoms with Gasteiger partial charge >= 0.3 is 0 Å². The molecule has 1 aliphatic heterocycles. The molecule has 1 saturated carbocycles. The maximum absolute atomic E-state index is 2.69. The molecule has 3 atom stereocenters. The number of para-hydroxylation sites is 1. The Balaban J connectivity index is 0.711. The van der Waals surface area contributed by atoms with Gasteiger partial charge in [0.05, 0.1) is 0 Å². The molecule has 2 nitrogen and oxygen atoms in total. The minimum atomic E-state index is 0.334. The lowest BCUT2D eigenvalue weighted by Crippen LogP contribution is -2.34. The lowest BCUT2D eigenvalue weighted by molar-refractivity contribution is 0.362. The van der Waals surface area contributed by atoms with Gasteiger partial charge in [-0.1, -0.05) is 273 Å². The van der Waals surface area contributed by atoms with Crippen molar-refractivity contribution in [1.29, 1.82) is 0 Å². The lowest BCUT2D eigenvalue weighted by Gasteiger charge is -2.38. The second-order valence-corrected chi connectivity index (χ2v) is 23.8. The Morgan fingerprint density at radius 3 is 1.18 bits per heavy atom. The molecule has 2 aliphatic rings. The van der Waals surface area contributed by atoms with E-state index in [4.69, 9.17) is 0 Å². The molecular weight excluding hydrogens is 1060 g/mol. The minimum Gasteiger partial charge on any atom is -0.338 e. The number of anilines is 5. The first-order valence-electron chi connectivity index (χ1n) is 31.1. The molecule has 16 rings (SSSR count). The Kier molecular flexibility index (Phi) is 13.7.